The molecule has 1 unspecified atom stereocenters. The first-order valence-electron chi connectivity index (χ1n) is 3.06. The van der Waals surface area contributed by atoms with Crippen LogP contribution >= 0.6 is 17.0 Å². The van der Waals surface area contributed by atoms with Crippen LogP contribution in [0.1, 0.15) is 13.3 Å². The lowest BCUT2D eigenvalue weighted by Crippen LogP contribution is -2.37. The fourth-order valence-corrected chi connectivity index (χ4v) is 0.505. The molecule has 0 aliphatic carbocycles. The molecule has 4 nitrogen and oxygen atoms in total. The summed E-state index contributed by atoms with van der Waals surface area (Å²) in [6, 6.07) is 2.10. The Kier molecular flexibility index (Phi) is 8.60. The highest BCUT2D eigenvalue weighted by atomic mass is 79.9. The van der Waals surface area contributed by atoms with E-state index in [9.17, 15) is 0 Å². The van der Waals surface area contributed by atoms with Gasteiger partial charge in [0, 0.05) is 13.1 Å². The predicted molar refractivity (Wildman–Crippen MR) is 50.7 cm³/mol. The fraction of sp³-hybridized carbons (Fsp3) is 0.667. The van der Waals surface area contributed by atoms with Gasteiger partial charge in [-0.05, 0) is 6.92 Å². The van der Waals surface area contributed by atoms with Gasteiger partial charge in [0.25, 0.3) is 0 Å². The first kappa shape index (κ1) is 12.9. The average molecular weight is 221 g/mol. The first-order valence-corrected chi connectivity index (χ1v) is 3.06. The zero-order valence-corrected chi connectivity index (χ0v) is 8.38. The molecule has 0 fully saturated rings. The smallest absolute Gasteiger partial charge is 0.188 e. The van der Waals surface area contributed by atoms with Gasteiger partial charge in [-0.3, -0.25) is 4.99 Å². The summed E-state index contributed by atoms with van der Waals surface area (Å²) in [5.74, 6) is 0.378. The molecule has 11 heavy (non-hydrogen) atoms. The summed E-state index contributed by atoms with van der Waals surface area (Å²) in [4.78, 5) is 3.68. The van der Waals surface area contributed by atoms with Crippen molar-refractivity contribution >= 4 is 22.9 Å². The highest BCUT2D eigenvalue weighted by molar-refractivity contribution is 8.93. The van der Waals surface area contributed by atoms with Crippen molar-refractivity contribution in [3.63, 3.8) is 0 Å². The molecule has 3 N–H and O–H groups in total. The third-order valence-corrected chi connectivity index (χ3v) is 1.03. The SMILES string of the molecule is Br.CN=C(N)NC(C)CC#N. The summed E-state index contributed by atoms with van der Waals surface area (Å²) in [6.07, 6.45) is 0.441. The molecular weight excluding hydrogens is 208 g/mol. The van der Waals surface area contributed by atoms with Crippen molar-refractivity contribution in [3.05, 3.63) is 0 Å². The second-order valence-electron chi connectivity index (χ2n) is 2.02. The predicted octanol–water partition coefficient (Wildman–Crippen LogP) is 0.401. The molecule has 0 saturated heterocycles. The molecule has 0 amide bonds. The second-order valence-corrected chi connectivity index (χ2v) is 2.02. The van der Waals surface area contributed by atoms with E-state index in [4.69, 9.17) is 11.0 Å². The Labute approximate surface area is 77.3 Å². The normalized spacial score (nSPS) is 12.6. The molecule has 1 atom stereocenters. The fourth-order valence-electron chi connectivity index (χ4n) is 0.505. The average Bonchev–Trinajstić information content (AvgIpc) is 1.88. The molecule has 0 aliphatic rings. The number of aliphatic imine (C=N–C) groups is 1. The van der Waals surface area contributed by atoms with Crippen LogP contribution in [0.25, 0.3) is 0 Å². The summed E-state index contributed by atoms with van der Waals surface area (Å²) in [7, 11) is 1.60. The second kappa shape index (κ2) is 7.35. The van der Waals surface area contributed by atoms with Gasteiger partial charge in [-0.1, -0.05) is 0 Å². The van der Waals surface area contributed by atoms with Crippen molar-refractivity contribution < 1.29 is 0 Å². The quantitative estimate of drug-likeness (QED) is 0.523. The summed E-state index contributed by atoms with van der Waals surface area (Å²) >= 11 is 0. The van der Waals surface area contributed by atoms with Gasteiger partial charge in [0.1, 0.15) is 0 Å². The molecule has 0 radical (unpaired) electrons. The molecule has 0 heterocycles. The number of hydrogen-bond donors (Lipinski definition) is 2. The first-order chi connectivity index (χ1) is 4.70. The number of nitrogens with one attached hydrogen (secondary N) is 1. The molecule has 0 aromatic heterocycles. The van der Waals surface area contributed by atoms with Gasteiger partial charge in [-0.15, -0.1) is 17.0 Å². The third-order valence-electron chi connectivity index (χ3n) is 1.03. The monoisotopic (exact) mass is 220 g/mol. The molecule has 0 saturated carbocycles. The van der Waals surface area contributed by atoms with Gasteiger partial charge in [0.15, 0.2) is 5.96 Å². The highest BCUT2D eigenvalue weighted by Crippen LogP contribution is 1.85. The zero-order valence-electron chi connectivity index (χ0n) is 6.66. The minimum Gasteiger partial charge on any atom is -0.370 e. The van der Waals surface area contributed by atoms with Gasteiger partial charge < -0.3 is 11.1 Å². The van der Waals surface area contributed by atoms with E-state index in [-0.39, 0.29) is 23.0 Å². The number of nitrogens with two attached hydrogens (primary N) is 1. The molecular formula is C6H13BrN4. The van der Waals surface area contributed by atoms with Crippen LogP contribution in [0.5, 0.6) is 0 Å². The minimum absolute atomic E-state index is 0. The Bertz CT molecular complexity index is 160. The van der Waals surface area contributed by atoms with Crippen molar-refractivity contribution in [1.82, 2.24) is 5.32 Å². The molecule has 5 heteroatoms. The molecule has 0 aliphatic heterocycles. The number of hydrogen-bond acceptors (Lipinski definition) is 2. The lowest BCUT2D eigenvalue weighted by atomic mass is 10.3. The van der Waals surface area contributed by atoms with E-state index in [1.165, 1.54) is 0 Å². The highest BCUT2D eigenvalue weighted by Gasteiger charge is 1.99. The number of nitrogens with zero attached hydrogens (tertiary/aromatic N) is 2. The molecule has 64 valence electrons. The lowest BCUT2D eigenvalue weighted by molar-refractivity contribution is 0.676. The van der Waals surface area contributed by atoms with Crippen molar-refractivity contribution in [2.75, 3.05) is 7.05 Å². The van der Waals surface area contributed by atoms with E-state index in [0.717, 1.165) is 0 Å². The van der Waals surface area contributed by atoms with Gasteiger partial charge in [-0.2, -0.15) is 5.26 Å². The maximum atomic E-state index is 8.25. The third kappa shape index (κ3) is 7.13. The van der Waals surface area contributed by atoms with Crippen LogP contribution in [0.3, 0.4) is 0 Å². The van der Waals surface area contributed by atoms with E-state index < -0.39 is 0 Å². The number of rotatable bonds is 2. The van der Waals surface area contributed by atoms with Gasteiger partial charge in [-0.25, -0.2) is 0 Å². The molecule has 0 bridgehead atoms. The van der Waals surface area contributed by atoms with Gasteiger partial charge in [0.05, 0.1) is 12.5 Å². The topological polar surface area (TPSA) is 74.2 Å². The van der Waals surface area contributed by atoms with Crippen LogP contribution in [-0.4, -0.2) is 19.0 Å². The summed E-state index contributed by atoms with van der Waals surface area (Å²) in [5.41, 5.74) is 5.33. The van der Waals surface area contributed by atoms with Crippen molar-refractivity contribution in [1.29, 1.82) is 5.26 Å². The minimum atomic E-state index is 0. The van der Waals surface area contributed by atoms with Gasteiger partial charge >= 0.3 is 0 Å². The molecule has 0 aromatic carbocycles. The van der Waals surface area contributed by atoms with Crippen molar-refractivity contribution in [2.24, 2.45) is 10.7 Å². The standard InChI is InChI=1S/C6H12N4.BrH/c1-5(3-4-7)10-6(8)9-2;/h5H,3H2,1-2H3,(H3,8,9,10);1H. The van der Waals surface area contributed by atoms with Crippen LogP contribution in [0.2, 0.25) is 0 Å². The van der Waals surface area contributed by atoms with Crippen molar-refractivity contribution in [2.45, 2.75) is 19.4 Å². The summed E-state index contributed by atoms with van der Waals surface area (Å²) in [5, 5.41) is 11.1. The van der Waals surface area contributed by atoms with Crippen LogP contribution in [0.4, 0.5) is 0 Å². The lowest BCUT2D eigenvalue weighted by Gasteiger charge is -2.08. The van der Waals surface area contributed by atoms with Crippen LogP contribution in [-0.2, 0) is 0 Å². The van der Waals surface area contributed by atoms with Gasteiger partial charge in [0.2, 0.25) is 0 Å². The largest absolute Gasteiger partial charge is 0.370 e. The summed E-state index contributed by atoms with van der Waals surface area (Å²) < 4.78 is 0. The van der Waals surface area contributed by atoms with E-state index in [1.54, 1.807) is 7.05 Å². The maximum Gasteiger partial charge on any atom is 0.188 e. The van der Waals surface area contributed by atoms with Crippen LogP contribution in [0.15, 0.2) is 4.99 Å². The Morgan fingerprint density at radius 3 is 2.73 bits per heavy atom. The number of guanidine groups is 1. The van der Waals surface area contributed by atoms with E-state index in [0.29, 0.717) is 12.4 Å². The van der Waals surface area contributed by atoms with E-state index >= 15 is 0 Å². The molecule has 0 rings (SSSR count). The van der Waals surface area contributed by atoms with Crippen LogP contribution < -0.4 is 11.1 Å². The summed E-state index contributed by atoms with van der Waals surface area (Å²) in [6.45, 7) is 1.88. The number of nitriles is 1. The Morgan fingerprint density at radius 2 is 2.36 bits per heavy atom. The van der Waals surface area contributed by atoms with Crippen LogP contribution in [0, 0.1) is 11.3 Å². The van der Waals surface area contributed by atoms with E-state index in [1.807, 2.05) is 13.0 Å². The van der Waals surface area contributed by atoms with E-state index in [2.05, 4.69) is 10.3 Å². The van der Waals surface area contributed by atoms with Crippen molar-refractivity contribution in [3.8, 4) is 6.07 Å². The Morgan fingerprint density at radius 1 is 1.82 bits per heavy atom. The Hall–Kier alpha value is -0.760. The maximum absolute atomic E-state index is 8.25. The zero-order chi connectivity index (χ0) is 7.98. The number of halogens is 1. The molecule has 0 spiro atoms. The Balaban J connectivity index is 0. The molecule has 0 aromatic rings.